The first-order valence-corrected chi connectivity index (χ1v) is 15.0. The van der Waals surface area contributed by atoms with E-state index in [1.807, 2.05) is 48.5 Å². The number of aromatic amines is 2. The number of nitrogens with one attached hydrogen (secondary N) is 4. The summed E-state index contributed by atoms with van der Waals surface area (Å²) < 4.78 is 0. The summed E-state index contributed by atoms with van der Waals surface area (Å²) in [4.78, 5) is 74.1. The molecule has 4 aromatic rings. The van der Waals surface area contributed by atoms with Gasteiger partial charge in [0.15, 0.2) is 12.1 Å². The van der Waals surface area contributed by atoms with Gasteiger partial charge in [-0.15, -0.1) is 0 Å². The number of benzene rings is 2. The number of hydrogen-bond donors (Lipinski definition) is 10. The maximum Gasteiger partial charge on any atom is 1.00 e. The zero-order chi connectivity index (χ0) is 35.4. The first kappa shape index (κ1) is 44.5. The van der Waals surface area contributed by atoms with E-state index in [4.69, 9.17) is 10.2 Å². The maximum absolute atomic E-state index is 11.9. The van der Waals surface area contributed by atoms with Gasteiger partial charge in [-0.2, -0.15) is 0 Å². The monoisotopic (exact) mass is 714 g/mol. The summed E-state index contributed by atoms with van der Waals surface area (Å²) in [6.45, 7) is 0. The van der Waals surface area contributed by atoms with Crippen LogP contribution in [0.3, 0.4) is 0 Å². The summed E-state index contributed by atoms with van der Waals surface area (Å²) in [5.74, 6) is -5.46. The Balaban J connectivity index is 0.000000481. The van der Waals surface area contributed by atoms with Gasteiger partial charge in [0, 0.05) is 72.7 Å². The van der Waals surface area contributed by atoms with E-state index in [1.54, 1.807) is 12.4 Å². The number of carboxylic acids is 4. The van der Waals surface area contributed by atoms with Gasteiger partial charge < -0.3 is 52.5 Å². The molecule has 18 heteroatoms. The van der Waals surface area contributed by atoms with Crippen molar-refractivity contribution in [2.45, 2.75) is 62.7 Å². The number of para-hydroxylation sites is 2. The van der Waals surface area contributed by atoms with Crippen LogP contribution < -0.4 is 92.3 Å². The van der Waals surface area contributed by atoms with E-state index in [-0.39, 0.29) is 109 Å². The van der Waals surface area contributed by atoms with Gasteiger partial charge in [-0.25, -0.2) is 19.2 Å². The smallest absolute Gasteiger partial charge is 0.480 e. The zero-order valence-electron chi connectivity index (χ0n) is 28.0. The van der Waals surface area contributed by atoms with Crippen LogP contribution in [0.1, 0.15) is 36.8 Å². The van der Waals surface area contributed by atoms with E-state index >= 15 is 0 Å². The molecule has 4 atom stereocenters. The van der Waals surface area contributed by atoms with Crippen LogP contribution in [0.25, 0.3) is 21.8 Å². The largest absolute Gasteiger partial charge is 1.00 e. The van der Waals surface area contributed by atoms with Crippen molar-refractivity contribution in [2.24, 2.45) is 0 Å². The molecule has 0 fully saturated rings. The number of carboxylic acid groups (broad SMARTS) is 4. The molecule has 2 amide bonds. The Bertz CT molecular complexity index is 1650. The van der Waals surface area contributed by atoms with Crippen molar-refractivity contribution in [3.05, 3.63) is 72.1 Å². The zero-order valence-corrected chi connectivity index (χ0v) is 31.1. The summed E-state index contributed by atoms with van der Waals surface area (Å²) in [5, 5.41) is 42.8. The molecule has 16 nitrogen and oxygen atoms in total. The second-order valence-corrected chi connectivity index (χ2v) is 11.2. The molecular weight excluding hydrogens is 674 g/mol. The standard InChI is InChI=1S/2C16H19N3O5.K.Li/c2*17-11(15(21)22)5-6-14(20)19-13(16(23)24)7-9-8-18-12-4-2-1-3-10(9)12;;/h2*1-4,8,11,13,18H,5-7,17H2,(H,19,20)(H,21,22)(H,23,24);;/q;;2*+1/p+2/t2*11-,13-;;/m11../s1. The molecule has 0 saturated heterocycles. The van der Waals surface area contributed by atoms with Crippen molar-refractivity contribution in [2.75, 3.05) is 0 Å². The molecule has 2 heterocycles. The average molecular weight is 715 g/mol. The molecule has 2 aromatic carbocycles. The Morgan fingerprint density at radius 2 is 0.940 bits per heavy atom. The minimum absolute atomic E-state index is 0. The molecule has 0 spiro atoms. The first-order valence-electron chi connectivity index (χ1n) is 15.0. The number of rotatable bonds is 16. The molecule has 256 valence electrons. The van der Waals surface area contributed by atoms with Crippen LogP contribution in [-0.4, -0.2) is 90.3 Å². The minimum Gasteiger partial charge on any atom is -0.480 e. The summed E-state index contributed by atoms with van der Waals surface area (Å²) in [7, 11) is 0. The van der Waals surface area contributed by atoms with Crippen LogP contribution >= 0.6 is 0 Å². The van der Waals surface area contributed by atoms with Gasteiger partial charge in [0.05, 0.1) is 0 Å². The summed E-state index contributed by atoms with van der Waals surface area (Å²) >= 11 is 0. The molecule has 0 radical (unpaired) electrons. The van der Waals surface area contributed by atoms with Crippen LogP contribution in [-0.2, 0) is 41.6 Å². The Hall–Kier alpha value is -3.51. The second kappa shape index (κ2) is 21.7. The van der Waals surface area contributed by atoms with Crippen molar-refractivity contribution >= 4 is 57.5 Å². The van der Waals surface area contributed by atoms with Crippen molar-refractivity contribution in [1.29, 1.82) is 0 Å². The van der Waals surface area contributed by atoms with Gasteiger partial charge in [0.1, 0.15) is 12.1 Å². The van der Waals surface area contributed by atoms with Crippen LogP contribution in [0, 0.1) is 0 Å². The molecule has 0 aliphatic heterocycles. The van der Waals surface area contributed by atoms with Crippen molar-refractivity contribution in [3.8, 4) is 0 Å². The molecule has 0 saturated carbocycles. The molecule has 14 N–H and O–H groups in total. The molecule has 2 aromatic heterocycles. The van der Waals surface area contributed by atoms with E-state index in [0.29, 0.717) is 0 Å². The van der Waals surface area contributed by atoms with Gasteiger partial charge >= 0.3 is 94.1 Å². The summed E-state index contributed by atoms with van der Waals surface area (Å²) in [5.41, 5.74) is 10.2. The number of H-pyrrole nitrogens is 2. The van der Waals surface area contributed by atoms with E-state index in [2.05, 4.69) is 32.1 Å². The van der Waals surface area contributed by atoms with Crippen molar-refractivity contribution < 1.29 is 131 Å². The van der Waals surface area contributed by atoms with Crippen molar-refractivity contribution in [3.63, 3.8) is 0 Å². The van der Waals surface area contributed by atoms with Gasteiger partial charge in [0.2, 0.25) is 11.8 Å². The fourth-order valence-electron chi connectivity index (χ4n) is 4.83. The van der Waals surface area contributed by atoms with E-state index < -0.39 is 59.9 Å². The minimum atomic E-state index is -1.14. The third-order valence-corrected chi connectivity index (χ3v) is 7.60. The summed E-state index contributed by atoms with van der Waals surface area (Å²) in [6.07, 6.45) is 3.67. The topological polar surface area (TPSA) is 294 Å². The molecule has 0 unspecified atom stereocenters. The van der Waals surface area contributed by atoms with Crippen LogP contribution in [0.4, 0.5) is 0 Å². The first-order chi connectivity index (χ1) is 22.8. The molecule has 4 rings (SSSR count). The van der Waals surface area contributed by atoms with Gasteiger partial charge in [0.25, 0.3) is 0 Å². The predicted molar refractivity (Wildman–Crippen MR) is 170 cm³/mol. The summed E-state index contributed by atoms with van der Waals surface area (Å²) in [6, 6.07) is 11.0. The quantitative estimate of drug-likeness (QED) is 0.0490. The van der Waals surface area contributed by atoms with E-state index in [9.17, 15) is 39.0 Å². The number of quaternary nitrogens is 2. The number of fused-ring (bicyclic) bond motifs is 2. The Kier molecular flexibility index (Phi) is 19.3. The molecule has 50 heavy (non-hydrogen) atoms. The second-order valence-electron chi connectivity index (χ2n) is 11.2. The number of hydrogen-bond acceptors (Lipinski definition) is 6. The Labute approximate surface area is 340 Å². The fraction of sp³-hybridized carbons (Fsp3) is 0.312. The third kappa shape index (κ3) is 13.7. The fourth-order valence-corrected chi connectivity index (χ4v) is 4.83. The van der Waals surface area contributed by atoms with E-state index in [1.165, 1.54) is 0 Å². The maximum atomic E-state index is 11.9. The third-order valence-electron chi connectivity index (χ3n) is 7.60. The van der Waals surface area contributed by atoms with Gasteiger partial charge in [-0.1, -0.05) is 36.4 Å². The van der Waals surface area contributed by atoms with Gasteiger partial charge in [-0.05, 0) is 23.3 Å². The van der Waals surface area contributed by atoms with Gasteiger partial charge in [-0.3, -0.25) is 9.59 Å². The van der Waals surface area contributed by atoms with Crippen molar-refractivity contribution in [1.82, 2.24) is 20.6 Å². The number of aromatic nitrogens is 2. The average Bonchev–Trinajstić information content (AvgIpc) is 3.65. The Morgan fingerprint density at radius 1 is 0.600 bits per heavy atom. The van der Waals surface area contributed by atoms with E-state index in [0.717, 1.165) is 32.9 Å². The SMILES string of the molecule is [K+].[Li+].[NH3+][C@H](CCC(=O)N[C@H](Cc1c[nH]c2ccccc12)C(=O)O)C(=O)O.[NH3+][C@H](CCC(=O)N[C@H](Cc1c[nH]c2ccccc12)C(=O)O)C(=O)O. The van der Waals surface area contributed by atoms with Crippen LogP contribution in [0.2, 0.25) is 0 Å². The number of carbonyl (C=O) groups excluding carboxylic acids is 2. The molecule has 0 bridgehead atoms. The molecule has 0 aliphatic carbocycles. The number of amides is 2. The number of aliphatic carboxylic acids is 4. The number of carbonyl (C=O) groups is 6. The predicted octanol–water partition coefficient (Wildman–Crippen LogP) is -6.48. The molecular formula is C32H40KLiN6O10+4. The molecule has 0 aliphatic rings. The van der Waals surface area contributed by atoms with Crippen LogP contribution in [0.5, 0.6) is 0 Å². The Morgan fingerprint density at radius 3 is 1.26 bits per heavy atom. The normalized spacial score (nSPS) is 12.8. The van der Waals surface area contributed by atoms with Crippen LogP contribution in [0.15, 0.2) is 60.9 Å².